The number of carbonyl (C=O) groups is 1. The molecule has 0 spiro atoms. The van der Waals surface area contributed by atoms with Gasteiger partial charge in [-0.3, -0.25) is 4.79 Å². The minimum atomic E-state index is -0.154. The second kappa shape index (κ2) is 4.72. The highest BCUT2D eigenvalue weighted by Gasteiger charge is 2.29. The highest BCUT2D eigenvalue weighted by atomic mass is 79.9. The van der Waals surface area contributed by atoms with Gasteiger partial charge in [0.25, 0.3) is 5.91 Å². The molecule has 1 fully saturated rings. The van der Waals surface area contributed by atoms with Crippen molar-refractivity contribution in [3.63, 3.8) is 0 Å². The second-order valence-electron chi connectivity index (χ2n) is 4.09. The maximum atomic E-state index is 11.9. The molecule has 1 amide bonds. The lowest BCUT2D eigenvalue weighted by Gasteiger charge is -2.13. The standard InChI is InChI=1S/C11H12BrClN2O/c1-6(7-2-3-7)15-11(16)9-4-8(12)5-14-10(9)13/h4-7H,2-3H2,1H3,(H,15,16). The quantitative estimate of drug-likeness (QED) is 0.872. The first-order chi connectivity index (χ1) is 7.58. The normalized spacial score (nSPS) is 16.9. The first kappa shape index (κ1) is 11.9. The molecule has 2 rings (SSSR count). The van der Waals surface area contributed by atoms with Crippen LogP contribution in [-0.2, 0) is 0 Å². The minimum absolute atomic E-state index is 0.154. The molecule has 16 heavy (non-hydrogen) atoms. The largest absolute Gasteiger partial charge is 0.349 e. The molecule has 1 unspecified atom stereocenters. The zero-order chi connectivity index (χ0) is 11.7. The van der Waals surface area contributed by atoms with Gasteiger partial charge < -0.3 is 5.32 Å². The van der Waals surface area contributed by atoms with E-state index in [-0.39, 0.29) is 17.1 Å². The Hall–Kier alpha value is -0.610. The smallest absolute Gasteiger partial charge is 0.254 e. The second-order valence-corrected chi connectivity index (χ2v) is 5.37. The van der Waals surface area contributed by atoms with E-state index in [2.05, 4.69) is 26.2 Å². The molecule has 1 aromatic rings. The van der Waals surface area contributed by atoms with Crippen molar-refractivity contribution in [1.82, 2.24) is 10.3 Å². The molecule has 3 nitrogen and oxygen atoms in total. The number of carbonyl (C=O) groups excluding carboxylic acids is 1. The lowest BCUT2D eigenvalue weighted by molar-refractivity contribution is 0.0935. The summed E-state index contributed by atoms with van der Waals surface area (Å²) in [5, 5.41) is 3.18. The Labute approximate surface area is 108 Å². The van der Waals surface area contributed by atoms with Gasteiger partial charge in [-0.05, 0) is 47.7 Å². The predicted octanol–water partition coefficient (Wildman–Crippen LogP) is 3.03. The molecule has 1 atom stereocenters. The van der Waals surface area contributed by atoms with Crippen molar-refractivity contribution in [1.29, 1.82) is 0 Å². The third-order valence-electron chi connectivity index (χ3n) is 2.74. The van der Waals surface area contributed by atoms with E-state index in [1.165, 1.54) is 12.8 Å². The number of hydrogen-bond donors (Lipinski definition) is 1. The molecule has 0 bridgehead atoms. The molecule has 0 saturated heterocycles. The van der Waals surface area contributed by atoms with E-state index in [0.29, 0.717) is 11.5 Å². The van der Waals surface area contributed by atoms with Crippen molar-refractivity contribution in [3.05, 3.63) is 27.5 Å². The average Bonchev–Trinajstić information content (AvgIpc) is 3.04. The third kappa shape index (κ3) is 2.74. The van der Waals surface area contributed by atoms with E-state index in [1.807, 2.05) is 6.92 Å². The van der Waals surface area contributed by atoms with Crippen molar-refractivity contribution in [2.75, 3.05) is 0 Å². The maximum Gasteiger partial charge on any atom is 0.254 e. The average molecular weight is 304 g/mol. The number of amides is 1. The van der Waals surface area contributed by atoms with Crippen LogP contribution in [0, 0.1) is 5.92 Å². The van der Waals surface area contributed by atoms with E-state index in [9.17, 15) is 4.79 Å². The molecule has 1 aliphatic carbocycles. The van der Waals surface area contributed by atoms with Gasteiger partial charge in [0.05, 0.1) is 5.56 Å². The first-order valence-corrected chi connectivity index (χ1v) is 6.37. The maximum absolute atomic E-state index is 11.9. The van der Waals surface area contributed by atoms with E-state index >= 15 is 0 Å². The number of halogens is 2. The van der Waals surface area contributed by atoms with Crippen LogP contribution in [0.5, 0.6) is 0 Å². The van der Waals surface area contributed by atoms with Crippen LogP contribution in [0.2, 0.25) is 5.15 Å². The van der Waals surface area contributed by atoms with Crippen molar-refractivity contribution < 1.29 is 4.79 Å². The van der Waals surface area contributed by atoms with Crippen LogP contribution in [0.3, 0.4) is 0 Å². The minimum Gasteiger partial charge on any atom is -0.349 e. The van der Waals surface area contributed by atoms with Gasteiger partial charge in [0.1, 0.15) is 5.15 Å². The van der Waals surface area contributed by atoms with E-state index in [4.69, 9.17) is 11.6 Å². The van der Waals surface area contributed by atoms with Crippen LogP contribution in [-0.4, -0.2) is 16.9 Å². The summed E-state index contributed by atoms with van der Waals surface area (Å²) in [6.07, 6.45) is 3.97. The van der Waals surface area contributed by atoms with Crippen molar-refractivity contribution in [3.8, 4) is 0 Å². The SMILES string of the molecule is CC(NC(=O)c1cc(Br)cnc1Cl)C1CC1. The fourth-order valence-corrected chi connectivity index (χ4v) is 2.10. The summed E-state index contributed by atoms with van der Waals surface area (Å²) in [6.45, 7) is 2.02. The number of nitrogens with zero attached hydrogens (tertiary/aromatic N) is 1. The van der Waals surface area contributed by atoms with E-state index < -0.39 is 0 Å². The van der Waals surface area contributed by atoms with Gasteiger partial charge in [0, 0.05) is 16.7 Å². The Morgan fingerprint density at radius 2 is 2.38 bits per heavy atom. The summed E-state index contributed by atoms with van der Waals surface area (Å²) < 4.78 is 0.751. The fourth-order valence-electron chi connectivity index (χ4n) is 1.58. The predicted molar refractivity (Wildman–Crippen MR) is 66.6 cm³/mol. The molecule has 1 saturated carbocycles. The summed E-state index contributed by atoms with van der Waals surface area (Å²) in [6, 6.07) is 1.90. The molecule has 5 heteroatoms. The summed E-state index contributed by atoms with van der Waals surface area (Å²) in [5.74, 6) is 0.473. The van der Waals surface area contributed by atoms with Gasteiger partial charge in [-0.25, -0.2) is 4.98 Å². The Morgan fingerprint density at radius 3 is 3.00 bits per heavy atom. The van der Waals surface area contributed by atoms with Crippen LogP contribution >= 0.6 is 27.5 Å². The van der Waals surface area contributed by atoms with Crippen molar-refractivity contribution >= 4 is 33.4 Å². The molecule has 1 aromatic heterocycles. The summed E-state index contributed by atoms with van der Waals surface area (Å²) in [5.41, 5.74) is 0.420. The lowest BCUT2D eigenvalue weighted by atomic mass is 10.2. The first-order valence-electron chi connectivity index (χ1n) is 5.20. The number of pyridine rings is 1. The lowest BCUT2D eigenvalue weighted by Crippen LogP contribution is -2.34. The van der Waals surface area contributed by atoms with Crippen LogP contribution in [0.4, 0.5) is 0 Å². The number of aromatic nitrogens is 1. The summed E-state index contributed by atoms with van der Waals surface area (Å²) >= 11 is 9.15. The molecular weight excluding hydrogens is 291 g/mol. The van der Waals surface area contributed by atoms with Crippen molar-refractivity contribution in [2.45, 2.75) is 25.8 Å². The zero-order valence-corrected chi connectivity index (χ0v) is 11.2. The Bertz CT molecular complexity index is 420. The van der Waals surface area contributed by atoms with Gasteiger partial charge in [0.15, 0.2) is 0 Å². The Kier molecular flexibility index (Phi) is 3.50. The van der Waals surface area contributed by atoms with Gasteiger partial charge in [-0.2, -0.15) is 0 Å². The van der Waals surface area contributed by atoms with Gasteiger partial charge in [-0.1, -0.05) is 11.6 Å². The fraction of sp³-hybridized carbons (Fsp3) is 0.455. The van der Waals surface area contributed by atoms with E-state index in [1.54, 1.807) is 12.3 Å². The summed E-state index contributed by atoms with van der Waals surface area (Å²) in [7, 11) is 0. The number of rotatable bonds is 3. The van der Waals surface area contributed by atoms with Crippen LogP contribution in [0.25, 0.3) is 0 Å². The molecule has 0 aromatic carbocycles. The van der Waals surface area contributed by atoms with Gasteiger partial charge in [-0.15, -0.1) is 0 Å². The molecular formula is C11H12BrClN2O. The molecule has 1 heterocycles. The zero-order valence-electron chi connectivity index (χ0n) is 8.84. The molecule has 0 aliphatic heterocycles. The summed E-state index contributed by atoms with van der Waals surface area (Å²) in [4.78, 5) is 15.8. The van der Waals surface area contributed by atoms with Crippen LogP contribution < -0.4 is 5.32 Å². The van der Waals surface area contributed by atoms with Gasteiger partial charge >= 0.3 is 0 Å². The molecule has 0 radical (unpaired) electrons. The molecule has 86 valence electrons. The molecule has 1 aliphatic rings. The van der Waals surface area contributed by atoms with Crippen LogP contribution in [0.15, 0.2) is 16.7 Å². The van der Waals surface area contributed by atoms with Crippen LogP contribution in [0.1, 0.15) is 30.1 Å². The van der Waals surface area contributed by atoms with Gasteiger partial charge in [0.2, 0.25) is 0 Å². The number of nitrogens with one attached hydrogen (secondary N) is 1. The highest BCUT2D eigenvalue weighted by molar-refractivity contribution is 9.10. The monoisotopic (exact) mass is 302 g/mol. The molecule has 1 N–H and O–H groups in total. The Balaban J connectivity index is 2.10. The van der Waals surface area contributed by atoms with Crippen molar-refractivity contribution in [2.24, 2.45) is 5.92 Å². The third-order valence-corrected chi connectivity index (χ3v) is 3.47. The topological polar surface area (TPSA) is 42.0 Å². The highest BCUT2D eigenvalue weighted by Crippen LogP contribution is 2.32. The van der Waals surface area contributed by atoms with E-state index in [0.717, 1.165) is 4.47 Å². The Morgan fingerprint density at radius 1 is 1.69 bits per heavy atom. The number of hydrogen-bond acceptors (Lipinski definition) is 2.